The predicted octanol–water partition coefficient (Wildman–Crippen LogP) is 1.04. The Morgan fingerprint density at radius 1 is 1.27 bits per heavy atom. The minimum Gasteiger partial charge on any atom is -0.497 e. The molecule has 0 spiro atoms. The van der Waals surface area contributed by atoms with Gasteiger partial charge in [-0.2, -0.15) is 0 Å². The van der Waals surface area contributed by atoms with Crippen LogP contribution in [0.2, 0.25) is 0 Å². The molecule has 5 nitrogen and oxygen atoms in total. The van der Waals surface area contributed by atoms with Crippen molar-refractivity contribution in [3.63, 3.8) is 0 Å². The Morgan fingerprint density at radius 3 is 2.59 bits per heavy atom. The quantitative estimate of drug-likeness (QED) is 0.702. The maximum absolute atomic E-state index is 10.0. The third-order valence-corrected chi connectivity index (χ3v) is 4.11. The van der Waals surface area contributed by atoms with Crippen molar-refractivity contribution >= 4 is 0 Å². The molecule has 1 atom stereocenters. The third kappa shape index (κ3) is 5.93. The second-order valence-corrected chi connectivity index (χ2v) is 5.96. The van der Waals surface area contributed by atoms with Crippen molar-refractivity contribution in [2.75, 3.05) is 40.0 Å². The largest absolute Gasteiger partial charge is 0.497 e. The van der Waals surface area contributed by atoms with Crippen molar-refractivity contribution in [1.82, 2.24) is 4.90 Å². The first-order valence-corrected chi connectivity index (χ1v) is 8.04. The van der Waals surface area contributed by atoms with Crippen molar-refractivity contribution in [3.05, 3.63) is 29.8 Å². The zero-order valence-electron chi connectivity index (χ0n) is 13.4. The minimum atomic E-state index is -0.426. The molecule has 22 heavy (non-hydrogen) atoms. The summed E-state index contributed by atoms with van der Waals surface area (Å²) in [5, 5.41) is 10.0. The fraction of sp³-hybridized carbons (Fsp3) is 0.647. The number of hydrogen-bond donors (Lipinski definition) is 2. The first-order valence-electron chi connectivity index (χ1n) is 8.04. The molecule has 0 saturated carbocycles. The highest BCUT2D eigenvalue weighted by atomic mass is 16.5. The Labute approximate surface area is 133 Å². The molecule has 1 aliphatic heterocycles. The summed E-state index contributed by atoms with van der Waals surface area (Å²) >= 11 is 0. The smallest absolute Gasteiger partial charge is 0.118 e. The Morgan fingerprint density at radius 2 is 1.95 bits per heavy atom. The average Bonchev–Trinajstić information content (AvgIpc) is 2.54. The topological polar surface area (TPSA) is 68.0 Å². The van der Waals surface area contributed by atoms with Gasteiger partial charge in [0.25, 0.3) is 0 Å². The van der Waals surface area contributed by atoms with Gasteiger partial charge in [0.1, 0.15) is 5.75 Å². The fourth-order valence-electron chi connectivity index (χ4n) is 2.69. The van der Waals surface area contributed by atoms with Crippen LogP contribution in [0.1, 0.15) is 18.4 Å². The van der Waals surface area contributed by atoms with Crippen molar-refractivity contribution in [2.45, 2.75) is 31.4 Å². The molecule has 1 heterocycles. The molecule has 5 heteroatoms. The molecular weight excluding hydrogens is 280 g/mol. The number of β-amino-alcohol motifs (C(OH)–C–C–N with tert-alkyl or cyclic N) is 1. The molecule has 1 aromatic carbocycles. The molecule has 0 amide bonds. The predicted molar refractivity (Wildman–Crippen MR) is 87.2 cm³/mol. The number of nitrogens with zero attached hydrogens (tertiary/aromatic N) is 1. The summed E-state index contributed by atoms with van der Waals surface area (Å²) in [6, 6.07) is 8.30. The van der Waals surface area contributed by atoms with Gasteiger partial charge in [0.15, 0.2) is 0 Å². The van der Waals surface area contributed by atoms with Gasteiger partial charge in [0.2, 0.25) is 0 Å². The van der Waals surface area contributed by atoms with Crippen LogP contribution in [0.5, 0.6) is 5.75 Å². The van der Waals surface area contributed by atoms with E-state index in [1.807, 2.05) is 24.3 Å². The van der Waals surface area contributed by atoms with Crippen LogP contribution in [0.3, 0.4) is 0 Å². The molecule has 124 valence electrons. The van der Waals surface area contributed by atoms with E-state index in [1.165, 1.54) is 5.56 Å². The van der Waals surface area contributed by atoms with Crippen LogP contribution in [0, 0.1) is 0 Å². The number of hydrogen-bond acceptors (Lipinski definition) is 5. The van der Waals surface area contributed by atoms with E-state index in [0.29, 0.717) is 25.8 Å². The third-order valence-electron chi connectivity index (χ3n) is 4.11. The van der Waals surface area contributed by atoms with Gasteiger partial charge in [-0.3, -0.25) is 0 Å². The van der Waals surface area contributed by atoms with E-state index >= 15 is 0 Å². The summed E-state index contributed by atoms with van der Waals surface area (Å²) in [4.78, 5) is 2.26. The molecule has 0 radical (unpaired) electrons. The molecule has 0 bridgehead atoms. The lowest BCUT2D eigenvalue weighted by molar-refractivity contribution is 0.0137. The molecule has 0 aromatic heterocycles. The normalized spacial score (nSPS) is 18.3. The van der Waals surface area contributed by atoms with E-state index in [9.17, 15) is 5.11 Å². The van der Waals surface area contributed by atoms with E-state index in [2.05, 4.69) is 4.90 Å². The lowest BCUT2D eigenvalue weighted by atomic mass is 10.1. The summed E-state index contributed by atoms with van der Waals surface area (Å²) < 4.78 is 10.7. The summed E-state index contributed by atoms with van der Waals surface area (Å²) in [6.07, 6.45) is 2.45. The lowest BCUT2D eigenvalue weighted by Crippen LogP contribution is -2.43. The molecule has 1 aromatic rings. The van der Waals surface area contributed by atoms with Crippen molar-refractivity contribution in [3.8, 4) is 5.75 Å². The molecule has 0 aliphatic carbocycles. The number of methoxy groups -OCH3 is 1. The van der Waals surface area contributed by atoms with Gasteiger partial charge in [-0.05, 0) is 50.0 Å². The zero-order valence-corrected chi connectivity index (χ0v) is 13.4. The van der Waals surface area contributed by atoms with Crippen molar-refractivity contribution in [1.29, 1.82) is 0 Å². The Bertz CT molecular complexity index is 416. The van der Waals surface area contributed by atoms with Gasteiger partial charge in [0, 0.05) is 12.6 Å². The summed E-state index contributed by atoms with van der Waals surface area (Å²) in [7, 11) is 1.66. The van der Waals surface area contributed by atoms with E-state index in [0.717, 1.165) is 38.1 Å². The van der Waals surface area contributed by atoms with E-state index in [1.54, 1.807) is 7.11 Å². The van der Waals surface area contributed by atoms with Crippen molar-refractivity contribution in [2.24, 2.45) is 5.73 Å². The van der Waals surface area contributed by atoms with E-state index < -0.39 is 6.10 Å². The number of aliphatic hydroxyl groups is 1. The Kier molecular flexibility index (Phi) is 7.12. The van der Waals surface area contributed by atoms with Gasteiger partial charge >= 0.3 is 0 Å². The van der Waals surface area contributed by atoms with Crippen molar-refractivity contribution < 1.29 is 14.6 Å². The Hall–Kier alpha value is -1.14. The van der Waals surface area contributed by atoms with Crippen LogP contribution in [0.15, 0.2) is 24.3 Å². The van der Waals surface area contributed by atoms with Crippen LogP contribution in [-0.4, -0.2) is 62.1 Å². The lowest BCUT2D eigenvalue weighted by Gasteiger charge is -2.31. The first-order chi connectivity index (χ1) is 10.7. The zero-order chi connectivity index (χ0) is 15.8. The second-order valence-electron chi connectivity index (χ2n) is 5.96. The minimum absolute atomic E-state index is 0.328. The van der Waals surface area contributed by atoms with Gasteiger partial charge in [-0.15, -0.1) is 0 Å². The number of aliphatic hydroxyl groups excluding tert-OH is 1. The van der Waals surface area contributed by atoms with Crippen LogP contribution >= 0.6 is 0 Å². The molecular formula is C17H28N2O3. The summed E-state index contributed by atoms with van der Waals surface area (Å²) in [5.74, 6) is 0.862. The monoisotopic (exact) mass is 308 g/mol. The SMILES string of the molecule is COc1ccc(CCOCC(O)CN2CCC(N)CC2)cc1. The number of ether oxygens (including phenoxy) is 2. The van der Waals surface area contributed by atoms with Gasteiger partial charge in [0.05, 0.1) is 26.4 Å². The van der Waals surface area contributed by atoms with Gasteiger partial charge < -0.3 is 25.2 Å². The number of piperidine rings is 1. The molecule has 2 rings (SSSR count). The maximum atomic E-state index is 10.0. The molecule has 1 fully saturated rings. The highest BCUT2D eigenvalue weighted by Gasteiger charge is 2.18. The number of nitrogens with two attached hydrogens (primary N) is 1. The van der Waals surface area contributed by atoms with Crippen LogP contribution in [0.4, 0.5) is 0 Å². The van der Waals surface area contributed by atoms with Crippen LogP contribution < -0.4 is 10.5 Å². The maximum Gasteiger partial charge on any atom is 0.118 e. The summed E-state index contributed by atoms with van der Waals surface area (Å²) in [5.41, 5.74) is 7.09. The molecule has 1 unspecified atom stereocenters. The van der Waals surface area contributed by atoms with Gasteiger partial charge in [-0.1, -0.05) is 12.1 Å². The fourth-order valence-corrected chi connectivity index (χ4v) is 2.69. The highest BCUT2D eigenvalue weighted by Crippen LogP contribution is 2.12. The number of benzene rings is 1. The summed E-state index contributed by atoms with van der Waals surface area (Å²) in [6.45, 7) is 3.64. The van der Waals surface area contributed by atoms with Crippen LogP contribution in [-0.2, 0) is 11.2 Å². The van der Waals surface area contributed by atoms with Gasteiger partial charge in [-0.25, -0.2) is 0 Å². The Balaban J connectivity index is 1.57. The number of rotatable bonds is 8. The molecule has 3 N–H and O–H groups in total. The first kappa shape index (κ1) is 17.2. The molecule has 1 aliphatic rings. The highest BCUT2D eigenvalue weighted by molar-refractivity contribution is 5.27. The standard InChI is InChI=1S/C17H28N2O3/c1-21-17-4-2-14(3-5-17)8-11-22-13-16(20)12-19-9-6-15(18)7-10-19/h2-5,15-16,20H,6-13,18H2,1H3. The van der Waals surface area contributed by atoms with E-state index in [4.69, 9.17) is 15.2 Å². The number of likely N-dealkylation sites (tertiary alicyclic amines) is 1. The second kappa shape index (κ2) is 9.10. The van der Waals surface area contributed by atoms with E-state index in [-0.39, 0.29) is 0 Å². The molecule has 1 saturated heterocycles. The van der Waals surface area contributed by atoms with Crippen LogP contribution in [0.25, 0.3) is 0 Å². The average molecular weight is 308 g/mol.